The molecule has 2 aromatic rings. The Morgan fingerprint density at radius 2 is 1.93 bits per heavy atom. The first-order valence-electron chi connectivity index (χ1n) is 9.02. The van der Waals surface area contributed by atoms with E-state index in [-0.39, 0.29) is 19.4 Å². The molecule has 0 radical (unpaired) electrons. The van der Waals surface area contributed by atoms with Crippen molar-refractivity contribution >= 4 is 5.97 Å². The molecule has 1 aliphatic rings. The van der Waals surface area contributed by atoms with E-state index >= 15 is 0 Å². The molecule has 9 heteroatoms. The largest absolute Gasteiger partial charge is 0.465 e. The number of ether oxygens (including phenoxy) is 1. The minimum absolute atomic E-state index is 0.00555. The van der Waals surface area contributed by atoms with Crippen molar-refractivity contribution in [2.24, 2.45) is 11.8 Å². The first-order chi connectivity index (χ1) is 12.9. The van der Waals surface area contributed by atoms with E-state index in [0.29, 0.717) is 31.6 Å². The van der Waals surface area contributed by atoms with Crippen LogP contribution in [0.4, 0.5) is 13.2 Å². The molecule has 3 rings (SSSR count). The van der Waals surface area contributed by atoms with Crippen molar-refractivity contribution in [2.45, 2.75) is 44.8 Å². The summed E-state index contributed by atoms with van der Waals surface area (Å²) in [6, 6.07) is 9.36. The minimum atomic E-state index is -4.36. The van der Waals surface area contributed by atoms with Crippen LogP contribution in [0.25, 0.3) is 11.4 Å². The lowest BCUT2D eigenvalue weighted by molar-refractivity contribution is -0.205. The summed E-state index contributed by atoms with van der Waals surface area (Å²) in [5, 5.41) is 12.1. The summed E-state index contributed by atoms with van der Waals surface area (Å²) in [6.07, 6.45) is -2.61. The van der Waals surface area contributed by atoms with Gasteiger partial charge in [-0.1, -0.05) is 43.2 Å². The SMILES string of the molecule is O=C(OCCCn1nnc(-c2ccccc2)n1)C1CCCCC1C(F)(F)F. The maximum absolute atomic E-state index is 13.1. The van der Waals surface area contributed by atoms with Gasteiger partial charge in [0.15, 0.2) is 0 Å². The highest BCUT2D eigenvalue weighted by molar-refractivity contribution is 5.73. The lowest BCUT2D eigenvalue weighted by atomic mass is 9.79. The molecule has 0 saturated heterocycles. The molecular weight excluding hydrogens is 361 g/mol. The van der Waals surface area contributed by atoms with Gasteiger partial charge in [0.1, 0.15) is 0 Å². The zero-order valence-corrected chi connectivity index (χ0v) is 14.7. The number of hydrogen-bond donors (Lipinski definition) is 0. The lowest BCUT2D eigenvalue weighted by Gasteiger charge is -2.31. The average Bonchev–Trinajstić information content (AvgIpc) is 3.14. The lowest BCUT2D eigenvalue weighted by Crippen LogP contribution is -2.38. The van der Waals surface area contributed by atoms with Crippen molar-refractivity contribution < 1.29 is 22.7 Å². The number of hydrogen-bond acceptors (Lipinski definition) is 5. The maximum atomic E-state index is 13.1. The Labute approximate surface area is 154 Å². The normalized spacial score (nSPS) is 20.4. The van der Waals surface area contributed by atoms with Gasteiger partial charge in [-0.05, 0) is 18.1 Å². The Kier molecular flexibility index (Phi) is 6.08. The first-order valence-corrected chi connectivity index (χ1v) is 9.02. The van der Waals surface area contributed by atoms with Gasteiger partial charge in [-0.25, -0.2) is 0 Å². The summed E-state index contributed by atoms with van der Waals surface area (Å²) >= 11 is 0. The number of aromatic nitrogens is 4. The van der Waals surface area contributed by atoms with Gasteiger partial charge in [-0.15, -0.1) is 10.2 Å². The summed E-state index contributed by atoms with van der Waals surface area (Å²) in [4.78, 5) is 13.5. The molecule has 0 bridgehead atoms. The Morgan fingerprint density at radius 3 is 2.67 bits per heavy atom. The van der Waals surface area contributed by atoms with Gasteiger partial charge in [-0.3, -0.25) is 4.79 Å². The van der Waals surface area contributed by atoms with Gasteiger partial charge in [0.25, 0.3) is 0 Å². The first kappa shape index (κ1) is 19.3. The second-order valence-electron chi connectivity index (χ2n) is 6.64. The van der Waals surface area contributed by atoms with Gasteiger partial charge in [0.2, 0.25) is 5.82 Å². The van der Waals surface area contributed by atoms with Gasteiger partial charge >= 0.3 is 12.1 Å². The smallest absolute Gasteiger partial charge is 0.392 e. The predicted octanol–water partition coefficient (Wildman–Crippen LogP) is 3.64. The zero-order valence-electron chi connectivity index (χ0n) is 14.7. The van der Waals surface area contributed by atoms with E-state index in [0.717, 1.165) is 5.56 Å². The number of rotatable bonds is 6. The molecule has 146 valence electrons. The van der Waals surface area contributed by atoms with Gasteiger partial charge in [0.05, 0.1) is 25.0 Å². The minimum Gasteiger partial charge on any atom is -0.465 e. The number of benzene rings is 1. The monoisotopic (exact) mass is 382 g/mol. The molecule has 1 aliphatic carbocycles. The van der Waals surface area contributed by atoms with Gasteiger partial charge in [-0.2, -0.15) is 18.0 Å². The van der Waals surface area contributed by atoms with Crippen molar-refractivity contribution in [3.8, 4) is 11.4 Å². The van der Waals surface area contributed by atoms with Crippen LogP contribution < -0.4 is 0 Å². The Hall–Kier alpha value is -2.45. The number of aryl methyl sites for hydroxylation is 1. The van der Waals surface area contributed by atoms with E-state index in [9.17, 15) is 18.0 Å². The number of carbonyl (C=O) groups is 1. The van der Waals surface area contributed by atoms with Crippen molar-refractivity contribution in [2.75, 3.05) is 6.61 Å². The van der Waals surface area contributed by atoms with Crippen molar-refractivity contribution in [3.05, 3.63) is 30.3 Å². The van der Waals surface area contributed by atoms with Crippen LogP contribution in [0.1, 0.15) is 32.1 Å². The molecule has 0 amide bonds. The third kappa shape index (κ3) is 5.05. The predicted molar refractivity (Wildman–Crippen MR) is 90.3 cm³/mol. The molecule has 27 heavy (non-hydrogen) atoms. The maximum Gasteiger partial charge on any atom is 0.392 e. The number of halogens is 3. The van der Waals surface area contributed by atoms with Crippen molar-refractivity contribution in [3.63, 3.8) is 0 Å². The second kappa shape index (κ2) is 8.49. The van der Waals surface area contributed by atoms with E-state index in [1.54, 1.807) is 0 Å². The fourth-order valence-electron chi connectivity index (χ4n) is 3.33. The van der Waals surface area contributed by atoms with Crippen LogP contribution in [0, 0.1) is 11.8 Å². The molecule has 1 saturated carbocycles. The van der Waals surface area contributed by atoms with E-state index < -0.39 is 24.0 Å². The van der Waals surface area contributed by atoms with Crippen LogP contribution in [0.15, 0.2) is 30.3 Å². The summed E-state index contributed by atoms with van der Waals surface area (Å²) in [5.74, 6) is -2.95. The molecule has 2 atom stereocenters. The van der Waals surface area contributed by atoms with E-state index in [1.807, 2.05) is 30.3 Å². The van der Waals surface area contributed by atoms with Crippen LogP contribution in [-0.2, 0) is 16.1 Å². The molecule has 2 unspecified atom stereocenters. The third-order valence-corrected chi connectivity index (χ3v) is 4.72. The number of carbonyl (C=O) groups excluding carboxylic acids is 1. The van der Waals surface area contributed by atoms with E-state index in [2.05, 4.69) is 15.4 Å². The fraction of sp³-hybridized carbons (Fsp3) is 0.556. The molecule has 0 spiro atoms. The van der Waals surface area contributed by atoms with Crippen molar-refractivity contribution in [1.82, 2.24) is 20.2 Å². The number of tetrazole rings is 1. The quantitative estimate of drug-likeness (QED) is 0.564. The molecule has 1 heterocycles. The van der Waals surface area contributed by atoms with Crippen LogP contribution in [0.3, 0.4) is 0 Å². The van der Waals surface area contributed by atoms with Gasteiger partial charge in [0, 0.05) is 12.0 Å². The number of nitrogens with zero attached hydrogens (tertiary/aromatic N) is 4. The summed E-state index contributed by atoms with van der Waals surface area (Å²) in [7, 11) is 0. The highest BCUT2D eigenvalue weighted by Crippen LogP contribution is 2.41. The van der Waals surface area contributed by atoms with E-state index in [4.69, 9.17) is 4.74 Å². The molecule has 0 N–H and O–H groups in total. The molecular formula is C18H21F3N4O2. The summed E-state index contributed by atoms with van der Waals surface area (Å²) in [5.41, 5.74) is 0.839. The Morgan fingerprint density at radius 1 is 1.19 bits per heavy atom. The summed E-state index contributed by atoms with van der Waals surface area (Å²) in [6.45, 7) is 0.391. The van der Waals surface area contributed by atoms with E-state index in [1.165, 1.54) is 4.80 Å². The molecule has 1 aromatic heterocycles. The average molecular weight is 382 g/mol. The number of esters is 1. The fourth-order valence-corrected chi connectivity index (χ4v) is 3.33. The van der Waals surface area contributed by atoms with Crippen LogP contribution in [0.5, 0.6) is 0 Å². The highest BCUT2D eigenvalue weighted by Gasteiger charge is 2.48. The standard InChI is InChI=1S/C18H21F3N4O2/c19-18(20,21)15-10-5-4-9-14(15)17(26)27-12-6-11-25-23-16(22-24-25)13-7-2-1-3-8-13/h1-3,7-8,14-15H,4-6,9-12H2. The molecule has 6 nitrogen and oxygen atoms in total. The molecule has 1 fully saturated rings. The topological polar surface area (TPSA) is 69.9 Å². The second-order valence-corrected chi connectivity index (χ2v) is 6.64. The molecule has 0 aliphatic heterocycles. The highest BCUT2D eigenvalue weighted by atomic mass is 19.4. The van der Waals surface area contributed by atoms with Crippen LogP contribution in [0.2, 0.25) is 0 Å². The number of alkyl halides is 3. The van der Waals surface area contributed by atoms with Crippen LogP contribution >= 0.6 is 0 Å². The zero-order chi connectivity index (χ0) is 19.3. The Balaban J connectivity index is 1.46. The van der Waals surface area contributed by atoms with Crippen LogP contribution in [-0.4, -0.2) is 39.0 Å². The molecule has 1 aromatic carbocycles. The van der Waals surface area contributed by atoms with Gasteiger partial charge < -0.3 is 4.74 Å². The van der Waals surface area contributed by atoms with Crippen molar-refractivity contribution in [1.29, 1.82) is 0 Å². The Bertz CT molecular complexity index is 749. The third-order valence-electron chi connectivity index (χ3n) is 4.72. The summed E-state index contributed by atoms with van der Waals surface area (Å²) < 4.78 is 44.3.